The molecule has 2 aromatic heterocycles. The van der Waals surface area contributed by atoms with Gasteiger partial charge in [0.1, 0.15) is 22.9 Å². The summed E-state index contributed by atoms with van der Waals surface area (Å²) in [5.74, 6) is 1.45. The number of nitrogen functional groups attached to an aromatic ring is 1. The number of aryl methyl sites for hydroxylation is 2. The first kappa shape index (κ1) is 13.8. The quantitative estimate of drug-likeness (QED) is 0.782. The van der Waals surface area contributed by atoms with E-state index in [4.69, 9.17) is 22.1 Å². The number of imidazole rings is 1. The summed E-state index contributed by atoms with van der Waals surface area (Å²) in [5.41, 5.74) is 10.9. The second-order valence-electron chi connectivity index (χ2n) is 5.06. The van der Waals surface area contributed by atoms with Gasteiger partial charge in [-0.2, -0.15) is 0 Å². The van der Waals surface area contributed by atoms with Gasteiger partial charge in [-0.3, -0.25) is 4.40 Å². The lowest BCUT2D eigenvalue weighted by Crippen LogP contribution is -1.96. The van der Waals surface area contributed by atoms with Crippen LogP contribution in [0.4, 0.5) is 5.82 Å². The number of fused-ring (bicyclic) bond motifs is 1. The van der Waals surface area contributed by atoms with Crippen LogP contribution in [0.25, 0.3) is 16.9 Å². The first-order valence-electron chi connectivity index (χ1n) is 6.60. The molecule has 0 radical (unpaired) electrons. The lowest BCUT2D eigenvalue weighted by Gasteiger charge is -2.10. The molecule has 3 rings (SSSR count). The molecule has 0 amide bonds. The van der Waals surface area contributed by atoms with Gasteiger partial charge in [-0.15, -0.1) is 0 Å². The van der Waals surface area contributed by atoms with Crippen LogP contribution < -0.4 is 10.5 Å². The van der Waals surface area contributed by atoms with Crippen molar-refractivity contribution in [1.29, 1.82) is 0 Å². The Balaban J connectivity index is 2.25. The molecule has 0 aliphatic carbocycles. The van der Waals surface area contributed by atoms with Crippen LogP contribution in [0.3, 0.4) is 0 Å². The molecule has 0 saturated heterocycles. The highest BCUT2D eigenvalue weighted by Crippen LogP contribution is 2.33. The summed E-state index contributed by atoms with van der Waals surface area (Å²) in [6, 6.07) is 7.71. The Morgan fingerprint density at radius 1 is 1.19 bits per heavy atom. The highest BCUT2D eigenvalue weighted by Gasteiger charge is 2.15. The zero-order valence-corrected chi connectivity index (χ0v) is 12.9. The number of pyridine rings is 1. The molecule has 3 aromatic rings. The van der Waals surface area contributed by atoms with Crippen LogP contribution in [-0.4, -0.2) is 16.5 Å². The average molecular weight is 302 g/mol. The van der Waals surface area contributed by atoms with Crippen molar-refractivity contribution in [2.75, 3.05) is 12.8 Å². The first-order valence-corrected chi connectivity index (χ1v) is 6.97. The zero-order chi connectivity index (χ0) is 15.1. The number of benzene rings is 1. The summed E-state index contributed by atoms with van der Waals surface area (Å²) in [7, 11) is 1.67. The lowest BCUT2D eigenvalue weighted by molar-refractivity contribution is 0.411. The van der Waals surface area contributed by atoms with Crippen molar-refractivity contribution < 1.29 is 4.74 Å². The van der Waals surface area contributed by atoms with Crippen molar-refractivity contribution in [3.8, 4) is 17.0 Å². The van der Waals surface area contributed by atoms with Crippen LogP contribution in [0.2, 0.25) is 5.02 Å². The molecule has 0 atom stereocenters. The molecule has 108 valence electrons. The predicted octanol–water partition coefficient (Wildman–Crippen LogP) is 3.86. The predicted molar refractivity (Wildman–Crippen MR) is 86.1 cm³/mol. The average Bonchev–Trinajstić information content (AvgIpc) is 2.78. The van der Waals surface area contributed by atoms with Crippen molar-refractivity contribution in [1.82, 2.24) is 9.38 Å². The number of nitrogens with zero attached hydrogens (tertiary/aromatic N) is 2. The second kappa shape index (κ2) is 4.97. The molecule has 0 spiro atoms. The number of methoxy groups -OCH3 is 1. The van der Waals surface area contributed by atoms with E-state index >= 15 is 0 Å². The highest BCUT2D eigenvalue weighted by atomic mass is 35.5. The van der Waals surface area contributed by atoms with Gasteiger partial charge in [-0.25, -0.2) is 4.98 Å². The number of hydrogen-bond acceptors (Lipinski definition) is 3. The third-order valence-electron chi connectivity index (χ3n) is 3.62. The van der Waals surface area contributed by atoms with Crippen LogP contribution in [0.15, 0.2) is 30.5 Å². The minimum absolute atomic E-state index is 0.583. The SMILES string of the molecule is COc1cc(C)c(-c2nc3ccc(Cl)cn3c2N)cc1C. The minimum atomic E-state index is 0.583. The van der Waals surface area contributed by atoms with E-state index in [1.54, 1.807) is 23.8 Å². The summed E-state index contributed by atoms with van der Waals surface area (Å²) >= 11 is 6.02. The van der Waals surface area contributed by atoms with E-state index in [0.29, 0.717) is 10.8 Å². The largest absolute Gasteiger partial charge is 0.496 e. The van der Waals surface area contributed by atoms with Gasteiger partial charge >= 0.3 is 0 Å². The molecule has 0 bridgehead atoms. The van der Waals surface area contributed by atoms with E-state index in [9.17, 15) is 0 Å². The van der Waals surface area contributed by atoms with Gasteiger partial charge in [0.15, 0.2) is 0 Å². The Morgan fingerprint density at radius 3 is 2.67 bits per heavy atom. The van der Waals surface area contributed by atoms with Crippen LogP contribution in [0.1, 0.15) is 11.1 Å². The highest BCUT2D eigenvalue weighted by molar-refractivity contribution is 6.30. The topological polar surface area (TPSA) is 52.5 Å². The molecular weight excluding hydrogens is 286 g/mol. The van der Waals surface area contributed by atoms with E-state index in [-0.39, 0.29) is 0 Å². The maximum absolute atomic E-state index is 6.24. The monoisotopic (exact) mass is 301 g/mol. The normalized spacial score (nSPS) is 11.0. The Morgan fingerprint density at radius 2 is 1.95 bits per heavy atom. The fraction of sp³-hybridized carbons (Fsp3) is 0.188. The standard InChI is InChI=1S/C16H16ClN3O/c1-9-7-13(21-3)10(2)6-12(9)15-16(18)20-8-11(17)4-5-14(20)19-15/h4-8H,18H2,1-3H3. The van der Waals surface area contributed by atoms with E-state index in [1.165, 1.54) is 0 Å². The summed E-state index contributed by atoms with van der Waals surface area (Å²) in [4.78, 5) is 4.62. The zero-order valence-electron chi connectivity index (χ0n) is 12.1. The molecule has 4 nitrogen and oxygen atoms in total. The fourth-order valence-corrected chi connectivity index (χ4v) is 2.66. The third kappa shape index (κ3) is 2.21. The van der Waals surface area contributed by atoms with Crippen LogP contribution in [0.5, 0.6) is 5.75 Å². The number of anilines is 1. The number of ether oxygens (including phenoxy) is 1. The molecule has 0 unspecified atom stereocenters. The molecule has 21 heavy (non-hydrogen) atoms. The molecule has 0 aliphatic heterocycles. The first-order chi connectivity index (χ1) is 10.0. The minimum Gasteiger partial charge on any atom is -0.496 e. The smallest absolute Gasteiger partial charge is 0.139 e. The van der Waals surface area contributed by atoms with E-state index in [0.717, 1.165) is 33.8 Å². The Kier molecular flexibility index (Phi) is 3.26. The van der Waals surface area contributed by atoms with E-state index in [2.05, 4.69) is 4.98 Å². The van der Waals surface area contributed by atoms with Crippen molar-refractivity contribution in [3.63, 3.8) is 0 Å². The molecule has 0 saturated carbocycles. The summed E-state index contributed by atoms with van der Waals surface area (Å²) in [6.45, 7) is 4.03. The van der Waals surface area contributed by atoms with Gasteiger partial charge in [0.05, 0.1) is 12.1 Å². The van der Waals surface area contributed by atoms with Gasteiger partial charge in [-0.1, -0.05) is 11.6 Å². The number of halogens is 1. The summed E-state index contributed by atoms with van der Waals surface area (Å²) < 4.78 is 7.15. The molecule has 0 fully saturated rings. The summed E-state index contributed by atoms with van der Waals surface area (Å²) in [5, 5.41) is 0.626. The van der Waals surface area contributed by atoms with Gasteiger partial charge < -0.3 is 10.5 Å². The number of rotatable bonds is 2. The maximum atomic E-state index is 6.24. The lowest BCUT2D eigenvalue weighted by atomic mass is 10.0. The Bertz CT molecular complexity index is 839. The van der Waals surface area contributed by atoms with E-state index in [1.807, 2.05) is 32.0 Å². The Labute approximate surface area is 128 Å². The number of nitrogens with two attached hydrogens (primary N) is 1. The van der Waals surface area contributed by atoms with Crippen molar-refractivity contribution in [2.24, 2.45) is 0 Å². The number of hydrogen-bond donors (Lipinski definition) is 1. The molecule has 0 aliphatic rings. The van der Waals surface area contributed by atoms with Gasteiger partial charge in [0.25, 0.3) is 0 Å². The molecular formula is C16H16ClN3O. The van der Waals surface area contributed by atoms with Crippen molar-refractivity contribution >= 4 is 23.1 Å². The van der Waals surface area contributed by atoms with Gasteiger partial charge in [0.2, 0.25) is 0 Å². The summed E-state index contributed by atoms with van der Waals surface area (Å²) in [6.07, 6.45) is 1.77. The fourth-order valence-electron chi connectivity index (χ4n) is 2.50. The van der Waals surface area contributed by atoms with Crippen LogP contribution in [0, 0.1) is 13.8 Å². The van der Waals surface area contributed by atoms with Crippen LogP contribution in [-0.2, 0) is 0 Å². The second-order valence-corrected chi connectivity index (χ2v) is 5.49. The van der Waals surface area contributed by atoms with E-state index < -0.39 is 0 Å². The molecule has 1 aromatic carbocycles. The van der Waals surface area contributed by atoms with Crippen molar-refractivity contribution in [3.05, 3.63) is 46.6 Å². The van der Waals surface area contributed by atoms with Crippen molar-refractivity contribution in [2.45, 2.75) is 13.8 Å². The number of aromatic nitrogens is 2. The maximum Gasteiger partial charge on any atom is 0.139 e. The molecule has 2 N–H and O–H groups in total. The van der Waals surface area contributed by atoms with Gasteiger partial charge in [0, 0.05) is 11.8 Å². The Hall–Kier alpha value is -2.20. The molecule has 5 heteroatoms. The molecule has 2 heterocycles. The third-order valence-corrected chi connectivity index (χ3v) is 3.84. The van der Waals surface area contributed by atoms with Gasteiger partial charge in [-0.05, 0) is 49.2 Å². The van der Waals surface area contributed by atoms with Crippen LogP contribution >= 0.6 is 11.6 Å².